The first-order valence-corrected chi connectivity index (χ1v) is 9.92. The van der Waals surface area contributed by atoms with Crippen LogP contribution in [0.25, 0.3) is 6.08 Å². The number of aryl methyl sites for hydroxylation is 1. The number of amides is 1. The number of benzene rings is 2. The highest BCUT2D eigenvalue weighted by Gasteiger charge is 2.04. The molecule has 0 spiro atoms. The van der Waals surface area contributed by atoms with E-state index in [1.54, 1.807) is 12.2 Å². The predicted molar refractivity (Wildman–Crippen MR) is 113 cm³/mol. The van der Waals surface area contributed by atoms with Gasteiger partial charge in [-0.05, 0) is 76.7 Å². The van der Waals surface area contributed by atoms with Crippen LogP contribution in [-0.4, -0.2) is 12.5 Å². The third-order valence-electron chi connectivity index (χ3n) is 3.89. The summed E-state index contributed by atoms with van der Waals surface area (Å²) in [5.74, 6) is 0.693. The Morgan fingerprint density at radius 1 is 1.12 bits per heavy atom. The van der Waals surface area contributed by atoms with Crippen molar-refractivity contribution >= 4 is 33.6 Å². The largest absolute Gasteiger partial charge is 0.494 e. The van der Waals surface area contributed by atoms with Crippen molar-refractivity contribution in [2.75, 3.05) is 11.9 Å². The van der Waals surface area contributed by atoms with Gasteiger partial charge >= 0.3 is 0 Å². The second kappa shape index (κ2) is 10.8. The number of hydrogen-bond donors (Lipinski definition) is 1. The van der Waals surface area contributed by atoms with Gasteiger partial charge in [0.1, 0.15) is 5.75 Å². The third kappa shape index (κ3) is 6.68. The SMILES string of the molecule is CCCCc1ccc(NC(=O)/C=C/c2ccc(OCCC)cc2)c(Br)c1. The summed E-state index contributed by atoms with van der Waals surface area (Å²) in [6, 6.07) is 13.8. The predicted octanol–water partition coefficient (Wildman–Crippen LogP) is 6.23. The van der Waals surface area contributed by atoms with E-state index in [-0.39, 0.29) is 5.91 Å². The van der Waals surface area contributed by atoms with Crippen molar-refractivity contribution in [3.8, 4) is 5.75 Å². The summed E-state index contributed by atoms with van der Waals surface area (Å²) in [6.07, 6.45) is 7.72. The topological polar surface area (TPSA) is 38.3 Å². The number of nitrogens with one attached hydrogen (secondary N) is 1. The first kappa shape index (κ1) is 20.2. The minimum Gasteiger partial charge on any atom is -0.494 e. The molecule has 0 radical (unpaired) electrons. The van der Waals surface area contributed by atoms with Gasteiger partial charge in [-0.25, -0.2) is 0 Å². The van der Waals surface area contributed by atoms with Gasteiger partial charge in [-0.1, -0.05) is 38.5 Å². The number of unbranched alkanes of at least 4 members (excludes halogenated alkanes) is 1. The first-order chi connectivity index (χ1) is 12.6. The average molecular weight is 416 g/mol. The van der Waals surface area contributed by atoms with Gasteiger partial charge < -0.3 is 10.1 Å². The Bertz CT molecular complexity index is 738. The van der Waals surface area contributed by atoms with Crippen molar-refractivity contribution in [1.29, 1.82) is 0 Å². The lowest BCUT2D eigenvalue weighted by Gasteiger charge is -2.08. The van der Waals surface area contributed by atoms with E-state index < -0.39 is 0 Å². The van der Waals surface area contributed by atoms with E-state index in [1.807, 2.05) is 30.3 Å². The Morgan fingerprint density at radius 2 is 1.88 bits per heavy atom. The van der Waals surface area contributed by atoms with Gasteiger partial charge in [-0.15, -0.1) is 0 Å². The molecule has 0 saturated carbocycles. The number of halogens is 1. The molecule has 2 aromatic rings. The summed E-state index contributed by atoms with van der Waals surface area (Å²) in [6.45, 7) is 4.97. The Hall–Kier alpha value is -2.07. The molecule has 2 aromatic carbocycles. The standard InChI is InChI=1S/C22H26BrNO2/c1-3-5-6-18-9-13-21(20(23)16-18)24-22(25)14-10-17-7-11-19(12-8-17)26-15-4-2/h7-14,16H,3-6,15H2,1-2H3,(H,24,25)/b14-10+. The summed E-state index contributed by atoms with van der Waals surface area (Å²) in [5.41, 5.74) is 3.01. The molecule has 138 valence electrons. The lowest BCUT2D eigenvalue weighted by atomic mass is 10.1. The molecule has 3 nitrogen and oxygen atoms in total. The van der Waals surface area contributed by atoms with Gasteiger partial charge in [0.15, 0.2) is 0 Å². The van der Waals surface area contributed by atoms with Crippen LogP contribution >= 0.6 is 15.9 Å². The van der Waals surface area contributed by atoms with Gasteiger partial charge in [0.2, 0.25) is 5.91 Å². The molecule has 0 aromatic heterocycles. The number of rotatable bonds is 9. The Kier molecular flexibility index (Phi) is 8.42. The lowest BCUT2D eigenvalue weighted by molar-refractivity contribution is -0.111. The third-order valence-corrected chi connectivity index (χ3v) is 4.55. The van der Waals surface area contributed by atoms with Gasteiger partial charge in [0, 0.05) is 10.5 Å². The van der Waals surface area contributed by atoms with Crippen LogP contribution < -0.4 is 10.1 Å². The molecule has 0 atom stereocenters. The van der Waals surface area contributed by atoms with Crippen molar-refractivity contribution in [2.45, 2.75) is 39.5 Å². The maximum atomic E-state index is 12.2. The highest BCUT2D eigenvalue weighted by atomic mass is 79.9. The van der Waals surface area contributed by atoms with Crippen LogP contribution in [0.15, 0.2) is 53.0 Å². The molecular weight excluding hydrogens is 390 g/mol. The minimum atomic E-state index is -0.154. The van der Waals surface area contributed by atoms with E-state index in [1.165, 1.54) is 18.4 Å². The average Bonchev–Trinajstić information content (AvgIpc) is 2.66. The number of carbonyl (C=O) groups is 1. The van der Waals surface area contributed by atoms with Crippen LogP contribution in [0.1, 0.15) is 44.2 Å². The van der Waals surface area contributed by atoms with Crippen LogP contribution in [0.5, 0.6) is 5.75 Å². The summed E-state index contributed by atoms with van der Waals surface area (Å²) in [4.78, 5) is 12.2. The summed E-state index contributed by atoms with van der Waals surface area (Å²) < 4.78 is 6.46. The highest BCUT2D eigenvalue weighted by molar-refractivity contribution is 9.10. The fourth-order valence-electron chi connectivity index (χ4n) is 2.44. The van der Waals surface area contributed by atoms with Crippen LogP contribution in [0, 0.1) is 0 Å². The summed E-state index contributed by atoms with van der Waals surface area (Å²) in [7, 11) is 0. The number of ether oxygens (including phenoxy) is 1. The number of anilines is 1. The molecule has 0 aliphatic rings. The summed E-state index contributed by atoms with van der Waals surface area (Å²) in [5, 5.41) is 2.91. The Labute approximate surface area is 164 Å². The molecule has 0 heterocycles. The van der Waals surface area contributed by atoms with E-state index in [0.29, 0.717) is 6.61 Å². The molecule has 0 bridgehead atoms. The molecule has 1 N–H and O–H groups in total. The molecule has 4 heteroatoms. The second-order valence-corrected chi connectivity index (χ2v) is 7.01. The van der Waals surface area contributed by atoms with Crippen LogP contribution in [0.3, 0.4) is 0 Å². The van der Waals surface area contributed by atoms with Crippen LogP contribution in [-0.2, 0) is 11.2 Å². The van der Waals surface area contributed by atoms with Crippen molar-refractivity contribution < 1.29 is 9.53 Å². The molecule has 0 fully saturated rings. The first-order valence-electron chi connectivity index (χ1n) is 9.12. The normalized spacial score (nSPS) is 10.9. The zero-order chi connectivity index (χ0) is 18.8. The van der Waals surface area contributed by atoms with Crippen molar-refractivity contribution in [3.63, 3.8) is 0 Å². The molecule has 2 rings (SSSR count). The maximum Gasteiger partial charge on any atom is 0.248 e. The van der Waals surface area contributed by atoms with Crippen LogP contribution in [0.4, 0.5) is 5.69 Å². The van der Waals surface area contributed by atoms with Gasteiger partial charge in [-0.2, -0.15) is 0 Å². The van der Waals surface area contributed by atoms with Gasteiger partial charge in [-0.3, -0.25) is 4.79 Å². The Morgan fingerprint density at radius 3 is 2.54 bits per heavy atom. The highest BCUT2D eigenvalue weighted by Crippen LogP contribution is 2.24. The molecule has 0 unspecified atom stereocenters. The van der Waals surface area contributed by atoms with E-state index in [2.05, 4.69) is 47.2 Å². The van der Waals surface area contributed by atoms with Crippen LogP contribution in [0.2, 0.25) is 0 Å². The van der Waals surface area contributed by atoms with Crippen molar-refractivity contribution in [1.82, 2.24) is 0 Å². The fraction of sp³-hybridized carbons (Fsp3) is 0.318. The van der Waals surface area contributed by atoms with E-state index >= 15 is 0 Å². The van der Waals surface area contributed by atoms with E-state index in [4.69, 9.17) is 4.74 Å². The van der Waals surface area contributed by atoms with Crippen molar-refractivity contribution in [2.24, 2.45) is 0 Å². The maximum absolute atomic E-state index is 12.2. The van der Waals surface area contributed by atoms with E-state index in [0.717, 1.165) is 34.3 Å². The minimum absolute atomic E-state index is 0.154. The summed E-state index contributed by atoms with van der Waals surface area (Å²) >= 11 is 3.54. The van der Waals surface area contributed by atoms with E-state index in [9.17, 15) is 4.79 Å². The quantitative estimate of drug-likeness (QED) is 0.492. The van der Waals surface area contributed by atoms with Gasteiger partial charge in [0.05, 0.1) is 12.3 Å². The monoisotopic (exact) mass is 415 g/mol. The molecule has 0 aliphatic carbocycles. The lowest BCUT2D eigenvalue weighted by Crippen LogP contribution is -2.08. The Balaban J connectivity index is 1.92. The zero-order valence-electron chi connectivity index (χ0n) is 15.4. The number of carbonyl (C=O) groups excluding carboxylic acids is 1. The fourth-order valence-corrected chi connectivity index (χ4v) is 2.96. The van der Waals surface area contributed by atoms with Gasteiger partial charge in [0.25, 0.3) is 0 Å². The smallest absolute Gasteiger partial charge is 0.248 e. The van der Waals surface area contributed by atoms with Crippen molar-refractivity contribution in [3.05, 3.63) is 64.1 Å². The molecular formula is C22H26BrNO2. The zero-order valence-corrected chi connectivity index (χ0v) is 17.0. The molecule has 26 heavy (non-hydrogen) atoms. The second-order valence-electron chi connectivity index (χ2n) is 6.16. The molecule has 1 amide bonds. The molecule has 0 aliphatic heterocycles. The molecule has 0 saturated heterocycles. The number of hydrogen-bond acceptors (Lipinski definition) is 2.